The lowest BCUT2D eigenvalue weighted by molar-refractivity contribution is 0.102. The molecule has 0 aliphatic heterocycles. The summed E-state index contributed by atoms with van der Waals surface area (Å²) in [7, 11) is 5.64. The van der Waals surface area contributed by atoms with E-state index in [0.29, 0.717) is 22.3 Å². The number of ether oxygens (including phenoxy) is 1. The van der Waals surface area contributed by atoms with Gasteiger partial charge in [-0.1, -0.05) is 0 Å². The van der Waals surface area contributed by atoms with Crippen LogP contribution in [0.5, 0.6) is 5.75 Å². The number of aryl methyl sites for hydroxylation is 1. The Balaban J connectivity index is 1.77. The van der Waals surface area contributed by atoms with E-state index in [0.717, 1.165) is 28.1 Å². The topological polar surface area (TPSA) is 83.1 Å². The molecule has 4 rings (SSSR count). The van der Waals surface area contributed by atoms with Crippen LogP contribution in [0.25, 0.3) is 22.6 Å². The number of carbonyl (C=O) groups is 1. The maximum atomic E-state index is 13.0. The Morgan fingerprint density at radius 3 is 2.48 bits per heavy atom. The molecule has 2 N–H and O–H groups in total. The van der Waals surface area contributed by atoms with Crippen LogP contribution < -0.4 is 15.0 Å². The third-order valence-corrected chi connectivity index (χ3v) is 5.59. The third-order valence-electron chi connectivity index (χ3n) is 4.90. The Morgan fingerprint density at radius 1 is 1.13 bits per heavy atom. The molecule has 0 aliphatic carbocycles. The second kappa shape index (κ2) is 8.61. The summed E-state index contributed by atoms with van der Waals surface area (Å²) in [6.45, 7) is 2.06. The van der Waals surface area contributed by atoms with E-state index in [1.54, 1.807) is 13.3 Å². The van der Waals surface area contributed by atoms with Gasteiger partial charge < -0.3 is 14.6 Å². The molecule has 0 unspecified atom stereocenters. The predicted molar refractivity (Wildman–Crippen MR) is 125 cm³/mol. The number of aromatic amines is 1. The molecule has 2 heterocycles. The summed E-state index contributed by atoms with van der Waals surface area (Å²) in [6.07, 6.45) is 1.65. The molecule has 0 radical (unpaired) electrons. The van der Waals surface area contributed by atoms with Crippen molar-refractivity contribution in [3.63, 3.8) is 0 Å². The van der Waals surface area contributed by atoms with E-state index in [-0.39, 0.29) is 5.91 Å². The van der Waals surface area contributed by atoms with Crippen LogP contribution in [-0.4, -0.2) is 42.1 Å². The van der Waals surface area contributed by atoms with E-state index in [2.05, 4.69) is 44.2 Å². The van der Waals surface area contributed by atoms with Gasteiger partial charge in [0.2, 0.25) is 0 Å². The molecule has 31 heavy (non-hydrogen) atoms. The van der Waals surface area contributed by atoms with Crippen molar-refractivity contribution < 1.29 is 9.53 Å². The highest BCUT2D eigenvalue weighted by Gasteiger charge is 2.21. The van der Waals surface area contributed by atoms with Crippen LogP contribution in [0.15, 0.2) is 54.0 Å². The van der Waals surface area contributed by atoms with Crippen LogP contribution in [0.4, 0.5) is 10.8 Å². The molecule has 0 bridgehead atoms. The molecule has 2 aromatic carbocycles. The Morgan fingerprint density at radius 2 is 1.87 bits per heavy atom. The molecule has 0 spiro atoms. The summed E-state index contributed by atoms with van der Waals surface area (Å²) >= 11 is 1.36. The van der Waals surface area contributed by atoms with Gasteiger partial charge in [-0.2, -0.15) is 0 Å². The number of thiazole rings is 1. The second-order valence-electron chi connectivity index (χ2n) is 7.22. The van der Waals surface area contributed by atoms with E-state index < -0.39 is 0 Å². The van der Waals surface area contributed by atoms with Gasteiger partial charge in [-0.3, -0.25) is 10.1 Å². The predicted octanol–water partition coefficient (Wildman–Crippen LogP) is 4.84. The molecular formula is C23H23N5O2S. The third kappa shape index (κ3) is 4.29. The zero-order chi connectivity index (χ0) is 22.0. The van der Waals surface area contributed by atoms with Gasteiger partial charge in [-0.25, -0.2) is 9.97 Å². The quantitative estimate of drug-likeness (QED) is 0.455. The Labute approximate surface area is 184 Å². The second-order valence-corrected chi connectivity index (χ2v) is 8.12. The lowest BCUT2D eigenvalue weighted by Crippen LogP contribution is -2.13. The molecule has 0 saturated heterocycles. The van der Waals surface area contributed by atoms with Crippen LogP contribution in [0.1, 0.15) is 16.1 Å². The van der Waals surface area contributed by atoms with Crippen molar-refractivity contribution in [2.24, 2.45) is 0 Å². The van der Waals surface area contributed by atoms with Gasteiger partial charge in [0.05, 0.1) is 12.8 Å². The fourth-order valence-electron chi connectivity index (χ4n) is 3.39. The summed E-state index contributed by atoms with van der Waals surface area (Å²) in [5.41, 5.74) is 4.95. The number of nitrogens with one attached hydrogen (secondary N) is 2. The molecule has 8 heteroatoms. The number of hydrogen-bond donors (Lipinski definition) is 2. The highest BCUT2D eigenvalue weighted by molar-refractivity contribution is 7.13. The minimum absolute atomic E-state index is 0.310. The summed E-state index contributed by atoms with van der Waals surface area (Å²) in [5.74, 6) is 1.06. The summed E-state index contributed by atoms with van der Waals surface area (Å²) in [5, 5.41) is 5.17. The van der Waals surface area contributed by atoms with Gasteiger partial charge >= 0.3 is 0 Å². The average molecular weight is 434 g/mol. The van der Waals surface area contributed by atoms with E-state index in [1.165, 1.54) is 11.3 Å². The fourth-order valence-corrected chi connectivity index (χ4v) is 3.91. The maximum absolute atomic E-state index is 13.0. The highest BCUT2D eigenvalue weighted by atomic mass is 32.1. The number of benzene rings is 2. The van der Waals surface area contributed by atoms with Crippen molar-refractivity contribution in [2.45, 2.75) is 6.92 Å². The Bertz CT molecular complexity index is 1200. The fraction of sp³-hybridized carbons (Fsp3) is 0.174. The molecule has 0 saturated carbocycles. The smallest absolute Gasteiger partial charge is 0.278 e. The van der Waals surface area contributed by atoms with Crippen molar-refractivity contribution in [1.29, 1.82) is 0 Å². The maximum Gasteiger partial charge on any atom is 0.278 e. The van der Waals surface area contributed by atoms with Crippen LogP contribution in [0.2, 0.25) is 0 Å². The molecule has 158 valence electrons. The number of carbonyl (C=O) groups excluding carboxylic acids is 1. The van der Waals surface area contributed by atoms with Crippen molar-refractivity contribution >= 4 is 28.1 Å². The van der Waals surface area contributed by atoms with Gasteiger partial charge in [0, 0.05) is 42.5 Å². The Kier molecular flexibility index (Phi) is 5.73. The van der Waals surface area contributed by atoms with Crippen molar-refractivity contribution in [2.75, 3.05) is 31.4 Å². The van der Waals surface area contributed by atoms with Crippen molar-refractivity contribution in [3.05, 3.63) is 65.3 Å². The zero-order valence-electron chi connectivity index (χ0n) is 17.8. The number of imidazole rings is 1. The lowest BCUT2D eigenvalue weighted by atomic mass is 10.1. The van der Waals surface area contributed by atoms with Gasteiger partial charge in [0.1, 0.15) is 11.6 Å². The van der Waals surface area contributed by atoms with Crippen LogP contribution in [-0.2, 0) is 0 Å². The van der Waals surface area contributed by atoms with Gasteiger partial charge in [-0.05, 0) is 55.0 Å². The van der Waals surface area contributed by atoms with Crippen molar-refractivity contribution in [1.82, 2.24) is 15.0 Å². The summed E-state index contributed by atoms with van der Waals surface area (Å²) in [4.78, 5) is 27.2. The lowest BCUT2D eigenvalue weighted by Gasteiger charge is -2.15. The number of anilines is 2. The molecule has 0 fully saturated rings. The summed E-state index contributed by atoms with van der Waals surface area (Å²) < 4.78 is 5.26. The first kappa shape index (κ1) is 20.6. The van der Waals surface area contributed by atoms with E-state index in [9.17, 15) is 4.79 Å². The van der Waals surface area contributed by atoms with Gasteiger partial charge in [0.15, 0.2) is 10.8 Å². The number of aromatic nitrogens is 3. The monoisotopic (exact) mass is 433 g/mol. The minimum Gasteiger partial charge on any atom is -0.497 e. The first-order valence-electron chi connectivity index (χ1n) is 9.70. The number of amides is 1. The molecule has 4 aromatic rings. The normalized spacial score (nSPS) is 10.7. The molecular weight excluding hydrogens is 410 g/mol. The molecule has 0 atom stereocenters. The van der Waals surface area contributed by atoms with Crippen LogP contribution >= 0.6 is 11.3 Å². The highest BCUT2D eigenvalue weighted by Crippen LogP contribution is 2.30. The molecule has 1 amide bonds. The van der Waals surface area contributed by atoms with Crippen LogP contribution in [0, 0.1) is 6.92 Å². The standard InChI is InChI=1S/C23H23N5O2S/c1-14-13-16(7-10-18(14)28(2)3)21-25-19(15-5-8-17(30-4)9-6-15)20(26-21)22(29)27-23-24-11-12-31-23/h5-13H,1-4H3,(H,25,26)(H,24,27,29). The first-order chi connectivity index (χ1) is 15.0. The average Bonchev–Trinajstić information content (AvgIpc) is 3.43. The van der Waals surface area contributed by atoms with E-state index in [1.807, 2.05) is 49.8 Å². The minimum atomic E-state index is -0.315. The number of nitrogens with zero attached hydrogens (tertiary/aromatic N) is 3. The molecule has 2 aromatic heterocycles. The number of methoxy groups -OCH3 is 1. The molecule has 0 aliphatic rings. The number of rotatable bonds is 6. The molecule has 7 nitrogen and oxygen atoms in total. The Hall–Kier alpha value is -3.65. The number of hydrogen-bond acceptors (Lipinski definition) is 6. The van der Waals surface area contributed by atoms with Crippen molar-refractivity contribution in [3.8, 4) is 28.4 Å². The largest absolute Gasteiger partial charge is 0.497 e. The number of H-pyrrole nitrogens is 1. The van der Waals surface area contributed by atoms with E-state index >= 15 is 0 Å². The summed E-state index contributed by atoms with van der Waals surface area (Å²) in [6, 6.07) is 13.6. The SMILES string of the molecule is COc1ccc(-c2[nH]c(-c3ccc(N(C)C)c(C)c3)nc2C(=O)Nc2nccs2)cc1. The van der Waals surface area contributed by atoms with Gasteiger partial charge in [0.25, 0.3) is 5.91 Å². The first-order valence-corrected chi connectivity index (χ1v) is 10.6. The van der Waals surface area contributed by atoms with Crippen LogP contribution in [0.3, 0.4) is 0 Å². The zero-order valence-corrected chi connectivity index (χ0v) is 18.6. The van der Waals surface area contributed by atoms with Gasteiger partial charge in [-0.15, -0.1) is 11.3 Å². The van der Waals surface area contributed by atoms with E-state index in [4.69, 9.17) is 4.74 Å².